The first-order valence-electron chi connectivity index (χ1n) is 5.24. The van der Waals surface area contributed by atoms with Gasteiger partial charge in [-0.3, -0.25) is 0 Å². The van der Waals surface area contributed by atoms with Crippen molar-refractivity contribution in [3.63, 3.8) is 0 Å². The van der Waals surface area contributed by atoms with Gasteiger partial charge in [-0.2, -0.15) is 0 Å². The molecule has 0 saturated heterocycles. The zero-order chi connectivity index (χ0) is 11.0. The van der Waals surface area contributed by atoms with Crippen LogP contribution in [0.4, 0.5) is 0 Å². The van der Waals surface area contributed by atoms with E-state index in [2.05, 4.69) is 42.5 Å². The highest BCUT2D eigenvalue weighted by Gasteiger charge is 2.09. The number of aliphatic hydroxyl groups excluding tert-OH is 1. The lowest BCUT2D eigenvalue weighted by molar-refractivity contribution is 0.266. The Kier molecular flexibility index (Phi) is 2.49. The van der Waals surface area contributed by atoms with Crippen LogP contribution in [0.1, 0.15) is 23.9 Å². The molecule has 1 heterocycles. The maximum Gasteiger partial charge on any atom is 0.135 e. The molecule has 1 aromatic carbocycles. The molecule has 1 N–H and O–H groups in total. The van der Waals surface area contributed by atoms with Gasteiger partial charge in [-0.15, -0.1) is 0 Å². The van der Waals surface area contributed by atoms with Gasteiger partial charge in [-0.1, -0.05) is 0 Å². The van der Waals surface area contributed by atoms with Crippen LogP contribution in [0, 0.1) is 13.8 Å². The molecule has 0 saturated carbocycles. The van der Waals surface area contributed by atoms with Crippen LogP contribution in [0.3, 0.4) is 0 Å². The van der Waals surface area contributed by atoms with E-state index in [9.17, 15) is 5.11 Å². The van der Waals surface area contributed by atoms with Gasteiger partial charge in [0.2, 0.25) is 0 Å². The van der Waals surface area contributed by atoms with Crippen LogP contribution in [0.15, 0.2) is 12.1 Å². The van der Waals surface area contributed by atoms with Crippen LogP contribution < -0.4 is 0 Å². The molecule has 0 amide bonds. The Morgan fingerprint density at radius 2 is 1.93 bits per heavy atom. The van der Waals surface area contributed by atoms with E-state index in [0.717, 1.165) is 23.4 Å². The molecule has 0 atom stereocenters. The fourth-order valence-electron chi connectivity index (χ4n) is 1.90. The number of aliphatic hydroxyl groups is 1. The van der Waals surface area contributed by atoms with Crippen molar-refractivity contribution in [3.8, 4) is 0 Å². The summed E-state index contributed by atoms with van der Waals surface area (Å²) >= 11 is 0. The van der Waals surface area contributed by atoms with Gasteiger partial charge in [0.05, 0.1) is 11.0 Å². The molecule has 3 heteroatoms. The van der Waals surface area contributed by atoms with E-state index in [4.69, 9.17) is 0 Å². The quantitative estimate of drug-likeness (QED) is 0.814. The molecular formula is C12H16N2O. The first kappa shape index (κ1) is 10.2. The number of aromatic nitrogens is 2. The molecule has 0 fully saturated rings. The number of aryl methyl sites for hydroxylation is 3. The number of rotatable bonds is 2. The molecule has 2 rings (SSSR count). The van der Waals surface area contributed by atoms with Crippen LogP contribution in [0.25, 0.3) is 11.0 Å². The maximum atomic E-state index is 9.21. The average Bonchev–Trinajstić information content (AvgIpc) is 2.56. The third-order valence-corrected chi connectivity index (χ3v) is 2.90. The van der Waals surface area contributed by atoms with Gasteiger partial charge in [0.15, 0.2) is 0 Å². The van der Waals surface area contributed by atoms with Gasteiger partial charge in [-0.05, 0) is 44.0 Å². The lowest BCUT2D eigenvalue weighted by atomic mass is 10.1. The second-order valence-electron chi connectivity index (χ2n) is 3.86. The smallest absolute Gasteiger partial charge is 0.135 e. The zero-order valence-corrected chi connectivity index (χ0v) is 9.41. The van der Waals surface area contributed by atoms with Gasteiger partial charge in [0, 0.05) is 6.54 Å². The molecule has 15 heavy (non-hydrogen) atoms. The highest BCUT2D eigenvalue weighted by molar-refractivity contribution is 5.78. The first-order valence-corrected chi connectivity index (χ1v) is 5.24. The summed E-state index contributed by atoms with van der Waals surface area (Å²) in [5.74, 6) is 0.748. The summed E-state index contributed by atoms with van der Waals surface area (Å²) in [4.78, 5) is 4.42. The molecule has 0 spiro atoms. The molecule has 0 aliphatic heterocycles. The van der Waals surface area contributed by atoms with Crippen molar-refractivity contribution in [2.24, 2.45) is 0 Å². The van der Waals surface area contributed by atoms with E-state index in [-0.39, 0.29) is 6.61 Å². The second kappa shape index (κ2) is 3.66. The molecule has 0 bridgehead atoms. The van der Waals surface area contributed by atoms with Crippen LogP contribution in [0.5, 0.6) is 0 Å². The van der Waals surface area contributed by atoms with Crippen molar-refractivity contribution in [1.82, 2.24) is 9.55 Å². The summed E-state index contributed by atoms with van der Waals surface area (Å²) in [6.07, 6.45) is 0. The maximum absolute atomic E-state index is 9.21. The largest absolute Gasteiger partial charge is 0.388 e. The van der Waals surface area contributed by atoms with Crippen LogP contribution >= 0.6 is 0 Å². The minimum absolute atomic E-state index is 0.000610. The summed E-state index contributed by atoms with van der Waals surface area (Å²) in [7, 11) is 0. The lowest BCUT2D eigenvalue weighted by Gasteiger charge is -2.04. The van der Waals surface area contributed by atoms with E-state index in [0.29, 0.717) is 0 Å². The van der Waals surface area contributed by atoms with Crippen molar-refractivity contribution in [3.05, 3.63) is 29.1 Å². The van der Waals surface area contributed by atoms with Gasteiger partial charge in [0.1, 0.15) is 12.4 Å². The Hall–Kier alpha value is -1.35. The Morgan fingerprint density at radius 1 is 1.27 bits per heavy atom. The van der Waals surface area contributed by atoms with Gasteiger partial charge in [-0.25, -0.2) is 4.98 Å². The monoisotopic (exact) mass is 204 g/mol. The molecular weight excluding hydrogens is 188 g/mol. The van der Waals surface area contributed by atoms with E-state index in [1.807, 2.05) is 0 Å². The third kappa shape index (κ3) is 1.53. The first-order chi connectivity index (χ1) is 7.17. The topological polar surface area (TPSA) is 38.0 Å². The number of benzene rings is 1. The third-order valence-electron chi connectivity index (χ3n) is 2.90. The minimum atomic E-state index is 0.000610. The average molecular weight is 204 g/mol. The summed E-state index contributed by atoms with van der Waals surface area (Å²) in [5, 5.41) is 9.21. The summed E-state index contributed by atoms with van der Waals surface area (Å²) < 4.78 is 2.06. The lowest BCUT2D eigenvalue weighted by Crippen LogP contribution is -2.01. The second-order valence-corrected chi connectivity index (χ2v) is 3.86. The highest BCUT2D eigenvalue weighted by Crippen LogP contribution is 2.20. The van der Waals surface area contributed by atoms with Crippen molar-refractivity contribution in [1.29, 1.82) is 0 Å². The molecule has 80 valence electrons. The molecule has 0 aliphatic carbocycles. The fraction of sp³-hybridized carbons (Fsp3) is 0.417. The Bertz CT molecular complexity index is 500. The number of hydrogen-bond donors (Lipinski definition) is 1. The molecule has 1 aromatic heterocycles. The van der Waals surface area contributed by atoms with E-state index >= 15 is 0 Å². The molecule has 3 nitrogen and oxygen atoms in total. The molecule has 0 aliphatic rings. The predicted molar refractivity (Wildman–Crippen MR) is 60.8 cm³/mol. The normalized spacial score (nSPS) is 11.2. The molecule has 0 unspecified atom stereocenters. The molecule has 0 radical (unpaired) electrons. The van der Waals surface area contributed by atoms with Gasteiger partial charge in [0.25, 0.3) is 0 Å². The summed E-state index contributed by atoms with van der Waals surface area (Å²) in [6, 6.07) is 4.22. The summed E-state index contributed by atoms with van der Waals surface area (Å²) in [6.45, 7) is 7.09. The Labute approximate surface area is 89.4 Å². The van der Waals surface area contributed by atoms with E-state index in [1.54, 1.807) is 0 Å². The van der Waals surface area contributed by atoms with Crippen molar-refractivity contribution in [2.45, 2.75) is 33.9 Å². The van der Waals surface area contributed by atoms with Crippen molar-refractivity contribution < 1.29 is 5.11 Å². The van der Waals surface area contributed by atoms with E-state index in [1.165, 1.54) is 11.1 Å². The SMILES string of the molecule is CCn1c(CO)nc2cc(C)c(C)cc21. The van der Waals surface area contributed by atoms with Crippen LogP contribution in [-0.2, 0) is 13.2 Å². The van der Waals surface area contributed by atoms with Crippen LogP contribution in [-0.4, -0.2) is 14.7 Å². The van der Waals surface area contributed by atoms with Crippen LogP contribution in [0.2, 0.25) is 0 Å². The number of imidazole rings is 1. The standard InChI is InChI=1S/C12H16N2O/c1-4-14-11-6-9(3)8(2)5-10(11)13-12(14)7-15/h5-6,15H,4,7H2,1-3H3. The van der Waals surface area contributed by atoms with Crippen molar-refractivity contribution >= 4 is 11.0 Å². The predicted octanol–water partition coefficient (Wildman–Crippen LogP) is 2.17. The Morgan fingerprint density at radius 3 is 2.53 bits per heavy atom. The summed E-state index contributed by atoms with van der Waals surface area (Å²) in [5.41, 5.74) is 4.60. The highest BCUT2D eigenvalue weighted by atomic mass is 16.3. The zero-order valence-electron chi connectivity index (χ0n) is 9.41. The van der Waals surface area contributed by atoms with Gasteiger partial charge >= 0.3 is 0 Å². The van der Waals surface area contributed by atoms with E-state index < -0.39 is 0 Å². The number of fused-ring (bicyclic) bond motifs is 1. The molecule has 2 aromatic rings. The number of hydrogen-bond acceptors (Lipinski definition) is 2. The fourth-order valence-corrected chi connectivity index (χ4v) is 1.90. The minimum Gasteiger partial charge on any atom is -0.388 e. The van der Waals surface area contributed by atoms with Crippen molar-refractivity contribution in [2.75, 3.05) is 0 Å². The van der Waals surface area contributed by atoms with Gasteiger partial charge < -0.3 is 9.67 Å². The number of nitrogens with zero attached hydrogens (tertiary/aromatic N) is 2. The Balaban J connectivity index is 2.77.